The first-order valence-corrected chi connectivity index (χ1v) is 13.0. The van der Waals surface area contributed by atoms with Crippen molar-refractivity contribution in [2.45, 2.75) is 45.2 Å². The fourth-order valence-electron chi connectivity index (χ4n) is 5.30. The highest BCUT2D eigenvalue weighted by Crippen LogP contribution is 2.44. The van der Waals surface area contributed by atoms with Crippen molar-refractivity contribution in [2.24, 2.45) is 0 Å². The number of nitrogens with zero attached hydrogens (tertiary/aromatic N) is 2. The van der Waals surface area contributed by atoms with E-state index in [-0.39, 0.29) is 12.1 Å². The average molecular weight is 488 g/mol. The van der Waals surface area contributed by atoms with Crippen LogP contribution < -0.4 is 5.32 Å². The van der Waals surface area contributed by atoms with E-state index in [4.69, 9.17) is 11.6 Å². The monoisotopic (exact) mass is 487 g/mol. The molecule has 0 saturated carbocycles. The van der Waals surface area contributed by atoms with E-state index in [1.165, 1.54) is 33.8 Å². The quantitative estimate of drug-likeness (QED) is 0.312. The normalized spacial score (nSPS) is 16.9. The molecule has 34 heavy (non-hydrogen) atoms. The van der Waals surface area contributed by atoms with Gasteiger partial charge in [0.15, 0.2) is 0 Å². The van der Waals surface area contributed by atoms with Crippen molar-refractivity contribution >= 4 is 34.7 Å². The van der Waals surface area contributed by atoms with Crippen molar-refractivity contribution in [3.63, 3.8) is 0 Å². The predicted octanol–water partition coefficient (Wildman–Crippen LogP) is 7.52. The number of benzene rings is 2. The number of fused-ring (bicyclic) bond motifs is 5. The Morgan fingerprint density at radius 3 is 2.68 bits per heavy atom. The number of aromatic nitrogens is 1. The molecule has 1 aliphatic heterocycles. The van der Waals surface area contributed by atoms with E-state index < -0.39 is 0 Å². The summed E-state index contributed by atoms with van der Waals surface area (Å²) in [6.45, 7) is 2.61. The van der Waals surface area contributed by atoms with Gasteiger partial charge in [0.2, 0.25) is 0 Å². The summed E-state index contributed by atoms with van der Waals surface area (Å²) in [5.74, 6) is 0. The largest absolute Gasteiger partial charge is 0.322 e. The van der Waals surface area contributed by atoms with Crippen LogP contribution in [0.25, 0.3) is 5.00 Å². The topological polar surface area (TPSA) is 37.3 Å². The number of rotatable bonds is 2. The van der Waals surface area contributed by atoms with Crippen LogP contribution in [0.2, 0.25) is 5.02 Å². The van der Waals surface area contributed by atoms with Crippen LogP contribution in [-0.4, -0.2) is 15.5 Å². The summed E-state index contributed by atoms with van der Waals surface area (Å²) >= 11 is 8.12. The Morgan fingerprint density at radius 1 is 1.03 bits per heavy atom. The lowest BCUT2D eigenvalue weighted by atomic mass is 9.95. The number of anilines is 1. The van der Waals surface area contributed by atoms with E-state index in [1.54, 1.807) is 0 Å². The second-order valence-corrected chi connectivity index (χ2v) is 10.7. The van der Waals surface area contributed by atoms with Crippen LogP contribution in [0.15, 0.2) is 66.9 Å². The van der Waals surface area contributed by atoms with E-state index in [2.05, 4.69) is 28.2 Å². The number of nitrogens with one attached hydrogen (secondary N) is 1. The van der Waals surface area contributed by atoms with Gasteiger partial charge < -0.3 is 14.8 Å². The molecule has 0 bridgehead atoms. The lowest BCUT2D eigenvalue weighted by Crippen LogP contribution is -2.38. The molecular formula is C28H26ClN3OS. The number of urea groups is 1. The lowest BCUT2D eigenvalue weighted by Gasteiger charge is -2.31. The third-order valence-corrected chi connectivity index (χ3v) is 8.48. The summed E-state index contributed by atoms with van der Waals surface area (Å²) in [5, 5.41) is 5.12. The van der Waals surface area contributed by atoms with Crippen molar-refractivity contribution in [1.29, 1.82) is 0 Å². The van der Waals surface area contributed by atoms with Crippen LogP contribution in [0.1, 0.15) is 51.7 Å². The molecule has 1 aliphatic carbocycles. The van der Waals surface area contributed by atoms with Gasteiger partial charge in [0.05, 0.1) is 18.3 Å². The predicted molar refractivity (Wildman–Crippen MR) is 139 cm³/mol. The molecule has 6 heteroatoms. The maximum Gasteiger partial charge on any atom is 0.322 e. The minimum Gasteiger partial charge on any atom is -0.310 e. The maximum atomic E-state index is 13.9. The molecular weight excluding hydrogens is 462 g/mol. The smallest absolute Gasteiger partial charge is 0.310 e. The van der Waals surface area contributed by atoms with E-state index in [1.807, 2.05) is 71.7 Å². The van der Waals surface area contributed by atoms with Crippen molar-refractivity contribution in [1.82, 2.24) is 9.47 Å². The molecule has 0 fully saturated rings. The molecule has 2 aromatic heterocycles. The molecule has 2 amide bonds. The van der Waals surface area contributed by atoms with Gasteiger partial charge in [0, 0.05) is 27.3 Å². The molecule has 6 rings (SSSR count). The zero-order valence-electron chi connectivity index (χ0n) is 19.1. The molecule has 0 spiro atoms. The van der Waals surface area contributed by atoms with Gasteiger partial charge in [0.1, 0.15) is 5.00 Å². The van der Waals surface area contributed by atoms with Gasteiger partial charge in [-0.3, -0.25) is 0 Å². The summed E-state index contributed by atoms with van der Waals surface area (Å²) in [6.07, 6.45) is 6.83. The number of hydrogen-bond donors (Lipinski definition) is 1. The zero-order chi connectivity index (χ0) is 23.2. The second kappa shape index (κ2) is 8.64. The summed E-state index contributed by atoms with van der Waals surface area (Å²) in [6, 6.07) is 19.7. The van der Waals surface area contributed by atoms with E-state index in [0.717, 1.165) is 35.3 Å². The lowest BCUT2D eigenvalue weighted by molar-refractivity contribution is 0.194. The Bertz CT molecular complexity index is 1370. The third-order valence-electron chi connectivity index (χ3n) is 6.89. The molecule has 1 atom stereocenters. The summed E-state index contributed by atoms with van der Waals surface area (Å²) in [7, 11) is 0. The zero-order valence-corrected chi connectivity index (χ0v) is 20.6. The van der Waals surface area contributed by atoms with Crippen molar-refractivity contribution in [2.75, 3.05) is 5.32 Å². The molecule has 2 aliphatic rings. The number of carbonyl (C=O) groups excluding carboxylic acids is 1. The average Bonchev–Trinajstić information content (AvgIpc) is 3.42. The van der Waals surface area contributed by atoms with Gasteiger partial charge in [-0.25, -0.2) is 4.79 Å². The number of halogens is 1. The number of thiophene rings is 1. The van der Waals surface area contributed by atoms with Gasteiger partial charge in [-0.05, 0) is 85.7 Å². The highest BCUT2D eigenvalue weighted by molar-refractivity contribution is 7.15. The van der Waals surface area contributed by atoms with Gasteiger partial charge in [-0.1, -0.05) is 35.9 Å². The first-order chi connectivity index (χ1) is 16.6. The first kappa shape index (κ1) is 21.5. The number of carbonyl (C=O) groups is 1. The molecule has 1 N–H and O–H groups in total. The third kappa shape index (κ3) is 3.73. The molecule has 4 aromatic rings. The number of amides is 2. The molecule has 3 heterocycles. The highest BCUT2D eigenvalue weighted by Gasteiger charge is 2.36. The number of hydrogen-bond acceptors (Lipinski definition) is 2. The molecule has 0 saturated heterocycles. The van der Waals surface area contributed by atoms with Crippen LogP contribution in [0.5, 0.6) is 0 Å². The van der Waals surface area contributed by atoms with Crippen molar-refractivity contribution < 1.29 is 4.79 Å². The van der Waals surface area contributed by atoms with Gasteiger partial charge in [0.25, 0.3) is 0 Å². The molecule has 172 valence electrons. The minimum atomic E-state index is -0.226. The Labute approximate surface area is 208 Å². The standard InChI is InChI=1S/C28H26ClN3OS/c1-18-6-4-7-21(16-18)30-28(33)32-17-23-22-8-2-3-10-25(22)34-27(23)31-15-5-9-24(31)26(32)19-11-13-20(29)14-12-19/h4-7,9,11-16,26H,2-3,8,10,17H2,1H3,(H,30,33). The minimum absolute atomic E-state index is 0.0955. The van der Waals surface area contributed by atoms with E-state index in [0.29, 0.717) is 11.6 Å². The molecule has 4 nitrogen and oxygen atoms in total. The summed E-state index contributed by atoms with van der Waals surface area (Å²) in [5.41, 5.74) is 6.83. The van der Waals surface area contributed by atoms with Crippen LogP contribution in [0, 0.1) is 6.92 Å². The molecule has 1 unspecified atom stereocenters. The Morgan fingerprint density at radius 2 is 1.85 bits per heavy atom. The summed E-state index contributed by atoms with van der Waals surface area (Å²) < 4.78 is 2.30. The second-order valence-electron chi connectivity index (χ2n) is 9.18. The van der Waals surface area contributed by atoms with Gasteiger partial charge in [-0.2, -0.15) is 0 Å². The van der Waals surface area contributed by atoms with Gasteiger partial charge in [-0.15, -0.1) is 11.3 Å². The fourth-order valence-corrected chi connectivity index (χ4v) is 6.83. The van der Waals surface area contributed by atoms with Crippen LogP contribution >= 0.6 is 22.9 Å². The van der Waals surface area contributed by atoms with Crippen LogP contribution in [0.4, 0.5) is 10.5 Å². The highest BCUT2D eigenvalue weighted by atomic mass is 35.5. The van der Waals surface area contributed by atoms with Crippen LogP contribution in [-0.2, 0) is 19.4 Å². The van der Waals surface area contributed by atoms with Crippen molar-refractivity contribution in [3.05, 3.63) is 105 Å². The number of aryl methyl sites for hydroxylation is 2. The van der Waals surface area contributed by atoms with Crippen molar-refractivity contribution in [3.8, 4) is 5.00 Å². The van der Waals surface area contributed by atoms with Crippen LogP contribution in [0.3, 0.4) is 0 Å². The fraction of sp³-hybridized carbons (Fsp3) is 0.250. The Hall–Kier alpha value is -3.02. The van der Waals surface area contributed by atoms with Gasteiger partial charge >= 0.3 is 6.03 Å². The summed E-state index contributed by atoms with van der Waals surface area (Å²) in [4.78, 5) is 17.4. The van der Waals surface area contributed by atoms with E-state index in [9.17, 15) is 4.79 Å². The maximum absolute atomic E-state index is 13.9. The van der Waals surface area contributed by atoms with E-state index >= 15 is 0 Å². The Kier molecular flexibility index (Phi) is 5.47. The molecule has 0 radical (unpaired) electrons. The Balaban J connectivity index is 1.50. The molecule has 2 aromatic carbocycles. The first-order valence-electron chi connectivity index (χ1n) is 11.8. The SMILES string of the molecule is Cc1cccc(NC(=O)N2Cc3c(sc4c3CCCC4)-n3cccc3C2c2ccc(Cl)cc2)c1.